The van der Waals surface area contributed by atoms with Crippen LogP contribution >= 0.6 is 11.6 Å². The van der Waals surface area contributed by atoms with Gasteiger partial charge in [0.2, 0.25) is 5.91 Å². The lowest BCUT2D eigenvalue weighted by atomic mass is 10.1. The van der Waals surface area contributed by atoms with Crippen molar-refractivity contribution in [2.24, 2.45) is 0 Å². The van der Waals surface area contributed by atoms with E-state index in [4.69, 9.17) is 11.6 Å². The van der Waals surface area contributed by atoms with E-state index in [1.165, 1.54) is 10.9 Å². The highest BCUT2D eigenvalue weighted by molar-refractivity contribution is 6.31. The van der Waals surface area contributed by atoms with E-state index in [2.05, 4.69) is 27.8 Å². The van der Waals surface area contributed by atoms with Crippen LogP contribution in [0.3, 0.4) is 0 Å². The molecule has 0 aliphatic carbocycles. The second kappa shape index (κ2) is 7.51. The van der Waals surface area contributed by atoms with E-state index in [1.807, 2.05) is 37.4 Å². The van der Waals surface area contributed by atoms with Gasteiger partial charge in [-0.1, -0.05) is 35.9 Å². The average molecular weight is 342 g/mol. The number of anilines is 1. The Morgan fingerprint density at radius 3 is 2.92 bits per heavy atom. The number of nitrogens with one attached hydrogen (secondary N) is 3. The van der Waals surface area contributed by atoms with E-state index >= 15 is 0 Å². The largest absolute Gasteiger partial charge is 0.361 e. The third kappa shape index (κ3) is 3.96. The zero-order valence-corrected chi connectivity index (χ0v) is 14.3. The van der Waals surface area contributed by atoms with Crippen LogP contribution in [-0.4, -0.2) is 24.0 Å². The number of para-hydroxylation sites is 1. The molecule has 0 atom stereocenters. The van der Waals surface area contributed by atoms with Crippen LogP contribution in [0.5, 0.6) is 0 Å². The number of halogens is 1. The van der Waals surface area contributed by atoms with E-state index in [1.54, 1.807) is 6.07 Å². The second-order valence-electron chi connectivity index (χ2n) is 5.79. The number of fused-ring (bicyclic) bond motifs is 1. The van der Waals surface area contributed by atoms with Crippen molar-refractivity contribution in [1.82, 2.24) is 10.3 Å². The monoisotopic (exact) mass is 341 g/mol. The predicted octanol–water partition coefficient (Wildman–Crippen LogP) is 3.90. The lowest BCUT2D eigenvalue weighted by Gasteiger charge is -2.09. The summed E-state index contributed by atoms with van der Waals surface area (Å²) in [6.45, 7) is 2.95. The molecule has 1 heterocycles. The van der Waals surface area contributed by atoms with E-state index < -0.39 is 0 Å². The van der Waals surface area contributed by atoms with Gasteiger partial charge in [-0.3, -0.25) is 4.79 Å². The number of aromatic amines is 1. The molecule has 3 rings (SSSR count). The number of H-pyrrole nitrogens is 1. The van der Waals surface area contributed by atoms with Crippen LogP contribution in [0.4, 0.5) is 5.69 Å². The summed E-state index contributed by atoms with van der Waals surface area (Å²) < 4.78 is 0. The maximum Gasteiger partial charge on any atom is 0.238 e. The Labute approximate surface area is 146 Å². The van der Waals surface area contributed by atoms with Crippen molar-refractivity contribution in [1.29, 1.82) is 0 Å². The van der Waals surface area contributed by atoms with Gasteiger partial charge in [-0.05, 0) is 49.2 Å². The van der Waals surface area contributed by atoms with Crippen molar-refractivity contribution in [3.63, 3.8) is 0 Å². The minimum atomic E-state index is -0.0701. The summed E-state index contributed by atoms with van der Waals surface area (Å²) >= 11 is 5.96. The minimum Gasteiger partial charge on any atom is -0.361 e. The summed E-state index contributed by atoms with van der Waals surface area (Å²) in [5.41, 5.74) is 4.14. The number of hydrogen-bond donors (Lipinski definition) is 3. The van der Waals surface area contributed by atoms with E-state index in [-0.39, 0.29) is 12.5 Å². The Hall–Kier alpha value is -2.30. The smallest absolute Gasteiger partial charge is 0.238 e. The number of aryl methyl sites for hydroxylation is 1. The molecule has 2 aromatic carbocycles. The number of hydrogen-bond acceptors (Lipinski definition) is 2. The number of aromatic nitrogens is 1. The maximum atomic E-state index is 12.0. The van der Waals surface area contributed by atoms with Gasteiger partial charge < -0.3 is 15.6 Å². The Morgan fingerprint density at radius 2 is 2.04 bits per heavy atom. The molecule has 0 saturated heterocycles. The summed E-state index contributed by atoms with van der Waals surface area (Å²) in [5.74, 6) is -0.0701. The number of amides is 1. The Kier molecular flexibility index (Phi) is 5.18. The van der Waals surface area contributed by atoms with E-state index in [0.29, 0.717) is 5.02 Å². The van der Waals surface area contributed by atoms with Crippen LogP contribution < -0.4 is 10.6 Å². The summed E-state index contributed by atoms with van der Waals surface area (Å²) in [7, 11) is 0. The van der Waals surface area contributed by atoms with Gasteiger partial charge in [0, 0.05) is 27.8 Å². The Morgan fingerprint density at radius 1 is 1.21 bits per heavy atom. The molecule has 1 amide bonds. The van der Waals surface area contributed by atoms with Crippen molar-refractivity contribution in [2.75, 3.05) is 18.4 Å². The first kappa shape index (κ1) is 16.6. The fraction of sp³-hybridized carbons (Fsp3) is 0.211. The lowest BCUT2D eigenvalue weighted by molar-refractivity contribution is -0.115. The molecule has 0 aliphatic heterocycles. The van der Waals surface area contributed by atoms with Crippen molar-refractivity contribution in [3.05, 3.63) is 64.8 Å². The highest BCUT2D eigenvalue weighted by Crippen LogP contribution is 2.20. The van der Waals surface area contributed by atoms with Crippen LogP contribution in [0.1, 0.15) is 11.1 Å². The van der Waals surface area contributed by atoms with E-state index in [0.717, 1.165) is 29.7 Å². The molecule has 0 saturated carbocycles. The first-order valence-electron chi connectivity index (χ1n) is 7.95. The second-order valence-corrected chi connectivity index (χ2v) is 6.23. The van der Waals surface area contributed by atoms with E-state index in [9.17, 15) is 4.79 Å². The molecule has 5 heteroatoms. The number of carbonyl (C=O) groups excluding carboxylic acids is 1. The van der Waals surface area contributed by atoms with Gasteiger partial charge in [-0.2, -0.15) is 0 Å². The van der Waals surface area contributed by atoms with Crippen LogP contribution in [-0.2, 0) is 11.2 Å². The number of carbonyl (C=O) groups is 1. The standard InChI is InChI=1S/C19H20ClN3O/c1-13-6-7-15(20)10-18(13)23-19(24)12-21-9-8-14-11-22-17-5-3-2-4-16(14)17/h2-7,10-11,21-22H,8-9,12H2,1H3,(H,23,24). The highest BCUT2D eigenvalue weighted by atomic mass is 35.5. The molecule has 3 aromatic rings. The average Bonchev–Trinajstić information content (AvgIpc) is 2.98. The van der Waals surface area contributed by atoms with Gasteiger partial charge >= 0.3 is 0 Å². The third-order valence-corrected chi connectivity index (χ3v) is 4.24. The van der Waals surface area contributed by atoms with Crippen LogP contribution in [0.25, 0.3) is 10.9 Å². The number of rotatable bonds is 6. The third-order valence-electron chi connectivity index (χ3n) is 4.01. The van der Waals surface area contributed by atoms with Gasteiger partial charge in [-0.15, -0.1) is 0 Å². The molecular weight excluding hydrogens is 322 g/mol. The fourth-order valence-corrected chi connectivity index (χ4v) is 2.86. The zero-order chi connectivity index (χ0) is 16.9. The summed E-state index contributed by atoms with van der Waals surface area (Å²) in [5, 5.41) is 7.91. The zero-order valence-electron chi connectivity index (χ0n) is 13.5. The predicted molar refractivity (Wildman–Crippen MR) is 99.7 cm³/mol. The minimum absolute atomic E-state index is 0.0701. The molecule has 0 unspecified atom stereocenters. The SMILES string of the molecule is Cc1ccc(Cl)cc1NC(=O)CNCCc1c[nH]c2ccccc12. The molecule has 1 aromatic heterocycles. The first-order valence-corrected chi connectivity index (χ1v) is 8.33. The summed E-state index contributed by atoms with van der Waals surface area (Å²) in [6, 6.07) is 13.7. The topological polar surface area (TPSA) is 56.9 Å². The van der Waals surface area contributed by atoms with Gasteiger partial charge in [-0.25, -0.2) is 0 Å². The summed E-state index contributed by atoms with van der Waals surface area (Å²) in [6.07, 6.45) is 2.90. The molecule has 4 nitrogen and oxygen atoms in total. The van der Waals surface area contributed by atoms with Crippen LogP contribution in [0, 0.1) is 6.92 Å². The lowest BCUT2D eigenvalue weighted by Crippen LogP contribution is -2.29. The van der Waals surface area contributed by atoms with Gasteiger partial charge in [0.1, 0.15) is 0 Å². The quantitative estimate of drug-likeness (QED) is 0.595. The maximum absolute atomic E-state index is 12.0. The van der Waals surface area contributed by atoms with Crippen molar-refractivity contribution in [3.8, 4) is 0 Å². The molecule has 24 heavy (non-hydrogen) atoms. The molecule has 3 N–H and O–H groups in total. The van der Waals surface area contributed by atoms with Crippen molar-refractivity contribution >= 4 is 34.1 Å². The number of benzene rings is 2. The van der Waals surface area contributed by atoms with Crippen molar-refractivity contribution < 1.29 is 4.79 Å². The Bertz CT molecular complexity index is 857. The van der Waals surface area contributed by atoms with Crippen LogP contribution in [0.2, 0.25) is 5.02 Å². The molecule has 124 valence electrons. The first-order chi connectivity index (χ1) is 11.6. The fourth-order valence-electron chi connectivity index (χ4n) is 2.69. The molecule has 0 spiro atoms. The van der Waals surface area contributed by atoms with Gasteiger partial charge in [0.25, 0.3) is 0 Å². The molecule has 0 fully saturated rings. The molecular formula is C19H20ClN3O. The van der Waals surface area contributed by atoms with Crippen molar-refractivity contribution in [2.45, 2.75) is 13.3 Å². The molecule has 0 bridgehead atoms. The highest BCUT2D eigenvalue weighted by Gasteiger charge is 2.06. The van der Waals surface area contributed by atoms with Gasteiger partial charge in [0.05, 0.1) is 6.54 Å². The summed E-state index contributed by atoms with van der Waals surface area (Å²) in [4.78, 5) is 15.3. The normalized spacial score (nSPS) is 10.9. The van der Waals surface area contributed by atoms with Crippen LogP contribution in [0.15, 0.2) is 48.7 Å². The molecule has 0 aliphatic rings. The van der Waals surface area contributed by atoms with Gasteiger partial charge in [0.15, 0.2) is 0 Å². The Balaban J connectivity index is 1.48. The molecule has 0 radical (unpaired) electrons.